The van der Waals surface area contributed by atoms with Gasteiger partial charge in [0.2, 0.25) is 0 Å². The van der Waals surface area contributed by atoms with Crippen molar-refractivity contribution in [3.8, 4) is 0 Å². The first kappa shape index (κ1) is 9.34. The second-order valence-corrected chi connectivity index (χ2v) is 4.05. The fraction of sp³-hybridized carbons (Fsp3) is 1.00. The van der Waals surface area contributed by atoms with Gasteiger partial charge < -0.3 is 4.74 Å². The van der Waals surface area contributed by atoms with E-state index in [2.05, 4.69) is 6.92 Å². The van der Waals surface area contributed by atoms with E-state index in [1.54, 1.807) is 0 Å². The van der Waals surface area contributed by atoms with Gasteiger partial charge in [0.15, 0.2) is 0 Å². The molecule has 0 aromatic heterocycles. The van der Waals surface area contributed by atoms with Gasteiger partial charge in [0.25, 0.3) is 0 Å². The lowest BCUT2D eigenvalue weighted by molar-refractivity contribution is 0.0535. The van der Waals surface area contributed by atoms with Gasteiger partial charge in [-0.2, -0.15) is 0 Å². The van der Waals surface area contributed by atoms with Gasteiger partial charge >= 0.3 is 0 Å². The molecule has 11 heavy (non-hydrogen) atoms. The maximum atomic E-state index is 5.46. The van der Waals surface area contributed by atoms with Crippen LogP contribution >= 0.6 is 11.6 Å². The SMILES string of the molecule is CC1(COCCl)CCCCC1. The molecule has 0 aliphatic heterocycles. The van der Waals surface area contributed by atoms with Crippen molar-refractivity contribution in [3.05, 3.63) is 0 Å². The van der Waals surface area contributed by atoms with Crippen molar-refractivity contribution in [2.45, 2.75) is 39.0 Å². The molecule has 0 aromatic carbocycles. The summed E-state index contributed by atoms with van der Waals surface area (Å²) < 4.78 is 5.24. The predicted molar refractivity (Wildman–Crippen MR) is 47.9 cm³/mol. The van der Waals surface area contributed by atoms with E-state index in [0.29, 0.717) is 11.5 Å². The number of alkyl halides is 1. The van der Waals surface area contributed by atoms with Crippen LogP contribution in [-0.4, -0.2) is 12.7 Å². The smallest absolute Gasteiger partial charge is 0.120 e. The Kier molecular flexibility index (Phi) is 3.67. The lowest BCUT2D eigenvalue weighted by Gasteiger charge is -2.32. The summed E-state index contributed by atoms with van der Waals surface area (Å²) in [5.41, 5.74) is 0.424. The van der Waals surface area contributed by atoms with E-state index in [-0.39, 0.29) is 0 Å². The molecule has 0 atom stereocenters. The Balaban J connectivity index is 2.25. The average molecular weight is 177 g/mol. The average Bonchev–Trinajstić information content (AvgIpc) is 2.03. The van der Waals surface area contributed by atoms with Crippen LogP contribution in [0.3, 0.4) is 0 Å². The van der Waals surface area contributed by atoms with Gasteiger partial charge in [-0.15, -0.1) is 0 Å². The molecule has 0 aromatic rings. The third-order valence-corrected chi connectivity index (χ3v) is 2.74. The van der Waals surface area contributed by atoms with Crippen LogP contribution in [0.4, 0.5) is 0 Å². The monoisotopic (exact) mass is 176 g/mol. The van der Waals surface area contributed by atoms with Crippen molar-refractivity contribution in [3.63, 3.8) is 0 Å². The molecule has 0 spiro atoms. The predicted octanol–water partition coefficient (Wildman–Crippen LogP) is 3.17. The molecule has 0 amide bonds. The van der Waals surface area contributed by atoms with Crippen molar-refractivity contribution in [2.24, 2.45) is 5.41 Å². The molecule has 1 rings (SSSR count). The van der Waals surface area contributed by atoms with Crippen LogP contribution in [0.2, 0.25) is 0 Å². The molecule has 0 heterocycles. The number of ether oxygens (including phenoxy) is 1. The Morgan fingerprint density at radius 1 is 1.27 bits per heavy atom. The second-order valence-electron chi connectivity index (χ2n) is 3.83. The third kappa shape index (κ3) is 3.00. The summed E-state index contributed by atoms with van der Waals surface area (Å²) in [6, 6.07) is 0.343. The fourth-order valence-electron chi connectivity index (χ4n) is 1.83. The minimum atomic E-state index is 0.343. The summed E-state index contributed by atoms with van der Waals surface area (Å²) in [4.78, 5) is 0. The van der Waals surface area contributed by atoms with E-state index in [0.717, 1.165) is 6.61 Å². The van der Waals surface area contributed by atoms with Crippen molar-refractivity contribution in [1.29, 1.82) is 0 Å². The fourth-order valence-corrected chi connectivity index (χ4v) is 1.91. The van der Waals surface area contributed by atoms with Crippen molar-refractivity contribution in [2.75, 3.05) is 12.7 Å². The maximum absolute atomic E-state index is 5.46. The summed E-state index contributed by atoms with van der Waals surface area (Å²) in [6.07, 6.45) is 6.74. The number of hydrogen-bond donors (Lipinski definition) is 0. The Hall–Kier alpha value is 0.250. The normalized spacial score (nSPS) is 23.5. The highest BCUT2D eigenvalue weighted by Gasteiger charge is 2.26. The first-order valence-electron chi connectivity index (χ1n) is 4.41. The van der Waals surface area contributed by atoms with E-state index < -0.39 is 0 Å². The van der Waals surface area contributed by atoms with Gasteiger partial charge in [0, 0.05) is 0 Å². The quantitative estimate of drug-likeness (QED) is 0.601. The van der Waals surface area contributed by atoms with E-state index in [1.165, 1.54) is 32.1 Å². The van der Waals surface area contributed by atoms with Gasteiger partial charge in [-0.05, 0) is 18.3 Å². The zero-order chi connectivity index (χ0) is 8.16. The number of hydrogen-bond acceptors (Lipinski definition) is 1. The highest BCUT2D eigenvalue weighted by atomic mass is 35.5. The standard InChI is InChI=1S/C9H17ClO/c1-9(7-11-8-10)5-3-2-4-6-9/h2-8H2,1H3. The van der Waals surface area contributed by atoms with Crippen LogP contribution in [0.15, 0.2) is 0 Å². The zero-order valence-electron chi connectivity index (χ0n) is 7.24. The molecule has 0 bridgehead atoms. The molecule has 1 aliphatic carbocycles. The first-order chi connectivity index (χ1) is 5.27. The van der Waals surface area contributed by atoms with Crippen molar-refractivity contribution >= 4 is 11.6 Å². The van der Waals surface area contributed by atoms with Gasteiger partial charge in [-0.3, -0.25) is 0 Å². The van der Waals surface area contributed by atoms with Crippen molar-refractivity contribution in [1.82, 2.24) is 0 Å². The number of rotatable bonds is 3. The van der Waals surface area contributed by atoms with Crippen LogP contribution in [-0.2, 0) is 4.74 Å². The van der Waals surface area contributed by atoms with Crippen LogP contribution < -0.4 is 0 Å². The van der Waals surface area contributed by atoms with E-state index in [9.17, 15) is 0 Å². The Labute approximate surface area is 74.1 Å². The van der Waals surface area contributed by atoms with E-state index >= 15 is 0 Å². The summed E-state index contributed by atoms with van der Waals surface area (Å²) in [7, 11) is 0. The van der Waals surface area contributed by atoms with Crippen molar-refractivity contribution < 1.29 is 4.74 Å². The van der Waals surface area contributed by atoms with Gasteiger partial charge in [0.1, 0.15) is 6.07 Å². The van der Waals surface area contributed by atoms with E-state index in [1.807, 2.05) is 0 Å². The number of halogens is 1. The topological polar surface area (TPSA) is 9.23 Å². The van der Waals surface area contributed by atoms with Gasteiger partial charge in [-0.1, -0.05) is 37.8 Å². The molecular weight excluding hydrogens is 160 g/mol. The lowest BCUT2D eigenvalue weighted by Crippen LogP contribution is -2.25. The Morgan fingerprint density at radius 3 is 2.45 bits per heavy atom. The molecule has 0 N–H and O–H groups in total. The van der Waals surface area contributed by atoms with Crippen LogP contribution in [0.1, 0.15) is 39.0 Å². The molecule has 1 saturated carbocycles. The first-order valence-corrected chi connectivity index (χ1v) is 4.94. The zero-order valence-corrected chi connectivity index (χ0v) is 7.99. The third-order valence-electron chi connectivity index (χ3n) is 2.59. The van der Waals surface area contributed by atoms with Crippen LogP contribution in [0.25, 0.3) is 0 Å². The minimum absolute atomic E-state index is 0.343. The molecule has 2 heteroatoms. The summed E-state index contributed by atoms with van der Waals surface area (Å²) in [6.45, 7) is 3.15. The highest BCUT2D eigenvalue weighted by molar-refractivity contribution is 6.17. The lowest BCUT2D eigenvalue weighted by atomic mass is 9.76. The molecule has 0 saturated heterocycles. The van der Waals surface area contributed by atoms with Crippen LogP contribution in [0.5, 0.6) is 0 Å². The molecule has 0 radical (unpaired) electrons. The summed E-state index contributed by atoms with van der Waals surface area (Å²) >= 11 is 5.46. The largest absolute Gasteiger partial charge is 0.365 e. The summed E-state index contributed by atoms with van der Waals surface area (Å²) in [5.74, 6) is 0. The van der Waals surface area contributed by atoms with Gasteiger partial charge in [0.05, 0.1) is 6.61 Å². The molecule has 1 nitrogen and oxygen atoms in total. The van der Waals surface area contributed by atoms with E-state index in [4.69, 9.17) is 16.3 Å². The minimum Gasteiger partial charge on any atom is -0.365 e. The highest BCUT2D eigenvalue weighted by Crippen LogP contribution is 2.35. The molecule has 1 fully saturated rings. The molecule has 66 valence electrons. The molecule has 0 unspecified atom stereocenters. The Bertz CT molecular complexity index is 108. The Morgan fingerprint density at radius 2 is 1.91 bits per heavy atom. The molecular formula is C9H17ClO. The van der Waals surface area contributed by atoms with Gasteiger partial charge in [-0.25, -0.2) is 0 Å². The molecule has 1 aliphatic rings. The second kappa shape index (κ2) is 4.32. The van der Waals surface area contributed by atoms with Crippen LogP contribution in [0, 0.1) is 5.41 Å². The summed E-state index contributed by atoms with van der Waals surface area (Å²) in [5, 5.41) is 0. The maximum Gasteiger partial charge on any atom is 0.120 e.